The van der Waals surface area contributed by atoms with Crippen LogP contribution in [-0.4, -0.2) is 33.0 Å². The van der Waals surface area contributed by atoms with Gasteiger partial charge in [-0.15, -0.1) is 10.2 Å². The molecule has 1 atom stereocenters. The number of carbonyl (C=O) groups is 3. The minimum atomic E-state index is -0.342. The molecule has 7 nitrogen and oxygen atoms in total. The molecule has 2 rings (SSSR count). The lowest BCUT2D eigenvalue weighted by Crippen LogP contribution is -2.24. The van der Waals surface area contributed by atoms with Gasteiger partial charge in [-0.2, -0.15) is 0 Å². The predicted octanol–water partition coefficient (Wildman–Crippen LogP) is 3.21. The highest BCUT2D eigenvalue weighted by Crippen LogP contribution is 2.31. The average molecular weight is 378 g/mol. The number of thioether (sulfide) groups is 1. The van der Waals surface area contributed by atoms with Crippen LogP contribution in [0.5, 0.6) is 0 Å². The summed E-state index contributed by atoms with van der Waals surface area (Å²) in [5, 5.41) is 13.3. The summed E-state index contributed by atoms with van der Waals surface area (Å²) in [6.07, 6.45) is 0.608. The molecule has 25 heavy (non-hydrogen) atoms. The molecular formula is C16H18N4O3S2. The van der Waals surface area contributed by atoms with Gasteiger partial charge in [0.05, 0.1) is 5.25 Å². The van der Waals surface area contributed by atoms with E-state index in [1.54, 1.807) is 24.3 Å². The van der Waals surface area contributed by atoms with Crippen LogP contribution < -0.4 is 10.6 Å². The molecule has 0 aliphatic rings. The third-order valence-corrected chi connectivity index (χ3v) is 5.44. The van der Waals surface area contributed by atoms with Crippen molar-refractivity contribution in [3.63, 3.8) is 0 Å². The van der Waals surface area contributed by atoms with Crippen molar-refractivity contribution in [1.82, 2.24) is 10.2 Å². The number of ketones is 1. The molecule has 1 heterocycles. The van der Waals surface area contributed by atoms with Crippen molar-refractivity contribution in [3.05, 3.63) is 29.8 Å². The van der Waals surface area contributed by atoms with Gasteiger partial charge >= 0.3 is 0 Å². The normalized spacial score (nSPS) is 11.6. The Bertz CT molecular complexity index is 774. The van der Waals surface area contributed by atoms with E-state index in [-0.39, 0.29) is 22.8 Å². The zero-order valence-electron chi connectivity index (χ0n) is 14.0. The zero-order chi connectivity index (χ0) is 18.4. The highest BCUT2D eigenvalue weighted by Gasteiger charge is 2.20. The Morgan fingerprint density at radius 3 is 2.36 bits per heavy atom. The Kier molecular flexibility index (Phi) is 6.65. The summed E-state index contributed by atoms with van der Waals surface area (Å²) >= 11 is 2.52. The van der Waals surface area contributed by atoms with E-state index in [4.69, 9.17) is 0 Å². The SMILES string of the molecule is CCC(Sc1nnc(NC(C)=O)s1)C(=O)Nc1ccc(C(C)=O)cc1. The van der Waals surface area contributed by atoms with Crippen LogP contribution in [0.1, 0.15) is 37.6 Å². The first-order chi connectivity index (χ1) is 11.9. The van der Waals surface area contributed by atoms with Gasteiger partial charge in [0.1, 0.15) is 0 Å². The first-order valence-electron chi connectivity index (χ1n) is 7.58. The smallest absolute Gasteiger partial charge is 0.237 e. The third kappa shape index (κ3) is 5.64. The molecule has 0 aliphatic carbocycles. The largest absolute Gasteiger partial charge is 0.325 e. The molecule has 0 fully saturated rings. The van der Waals surface area contributed by atoms with Gasteiger partial charge in [-0.25, -0.2) is 0 Å². The van der Waals surface area contributed by atoms with Crippen LogP contribution in [-0.2, 0) is 9.59 Å². The standard InChI is InChI=1S/C16H18N4O3S2/c1-4-13(24-16-20-19-15(25-16)17-10(3)22)14(23)18-12-7-5-11(6-8-12)9(2)21/h5-8,13H,4H2,1-3H3,(H,18,23)(H,17,19,22). The molecule has 2 aromatic rings. The number of rotatable bonds is 7. The van der Waals surface area contributed by atoms with Crippen LogP contribution in [0, 0.1) is 0 Å². The summed E-state index contributed by atoms with van der Waals surface area (Å²) in [7, 11) is 0. The number of nitrogens with one attached hydrogen (secondary N) is 2. The van der Waals surface area contributed by atoms with Crippen LogP contribution in [0.25, 0.3) is 0 Å². The van der Waals surface area contributed by atoms with E-state index in [1.807, 2.05) is 6.92 Å². The Morgan fingerprint density at radius 1 is 1.12 bits per heavy atom. The molecule has 2 amide bonds. The second-order valence-corrected chi connectivity index (χ2v) is 7.62. The number of nitrogens with zero attached hydrogens (tertiary/aromatic N) is 2. The van der Waals surface area contributed by atoms with Crippen molar-refractivity contribution in [2.24, 2.45) is 0 Å². The number of carbonyl (C=O) groups excluding carboxylic acids is 3. The summed E-state index contributed by atoms with van der Waals surface area (Å²) in [5.74, 6) is -0.392. The van der Waals surface area contributed by atoms with E-state index >= 15 is 0 Å². The second-order valence-electron chi connectivity index (χ2n) is 5.19. The maximum absolute atomic E-state index is 12.4. The van der Waals surface area contributed by atoms with E-state index in [0.717, 1.165) is 0 Å². The lowest BCUT2D eigenvalue weighted by Gasteiger charge is -2.13. The van der Waals surface area contributed by atoms with E-state index in [1.165, 1.54) is 36.9 Å². The summed E-state index contributed by atoms with van der Waals surface area (Å²) in [6.45, 7) is 4.80. The number of benzene rings is 1. The number of hydrogen-bond donors (Lipinski definition) is 2. The van der Waals surface area contributed by atoms with Gasteiger partial charge in [-0.05, 0) is 37.6 Å². The molecule has 9 heteroatoms. The van der Waals surface area contributed by atoms with Crippen molar-refractivity contribution in [2.75, 3.05) is 10.6 Å². The Labute approximate surface area is 153 Å². The molecule has 2 N–H and O–H groups in total. The van der Waals surface area contributed by atoms with E-state index in [9.17, 15) is 14.4 Å². The van der Waals surface area contributed by atoms with Gasteiger partial charge in [-0.3, -0.25) is 14.4 Å². The molecule has 0 saturated heterocycles. The van der Waals surface area contributed by atoms with Gasteiger partial charge < -0.3 is 10.6 Å². The van der Waals surface area contributed by atoms with E-state index < -0.39 is 0 Å². The minimum Gasteiger partial charge on any atom is -0.325 e. The highest BCUT2D eigenvalue weighted by molar-refractivity contribution is 8.02. The van der Waals surface area contributed by atoms with Crippen LogP contribution in [0.3, 0.4) is 0 Å². The van der Waals surface area contributed by atoms with Crippen LogP contribution in [0.2, 0.25) is 0 Å². The van der Waals surface area contributed by atoms with Gasteiger partial charge in [0.15, 0.2) is 10.1 Å². The summed E-state index contributed by atoms with van der Waals surface area (Å²) in [4.78, 5) is 34.7. The fourth-order valence-corrected chi connectivity index (χ4v) is 3.88. The minimum absolute atomic E-state index is 0.0221. The fourth-order valence-electron chi connectivity index (χ4n) is 1.91. The summed E-state index contributed by atoms with van der Waals surface area (Å²) in [5.41, 5.74) is 1.23. The molecule has 0 radical (unpaired) electrons. The molecule has 0 spiro atoms. The van der Waals surface area contributed by atoms with E-state index in [2.05, 4.69) is 20.8 Å². The number of amides is 2. The van der Waals surface area contributed by atoms with Crippen molar-refractivity contribution in [3.8, 4) is 0 Å². The first-order valence-corrected chi connectivity index (χ1v) is 9.28. The molecule has 1 aromatic heterocycles. The maximum Gasteiger partial charge on any atom is 0.237 e. The van der Waals surface area contributed by atoms with E-state index in [0.29, 0.717) is 27.1 Å². The van der Waals surface area contributed by atoms with Gasteiger partial charge in [0, 0.05) is 18.2 Å². The van der Waals surface area contributed by atoms with Crippen LogP contribution in [0.4, 0.5) is 10.8 Å². The zero-order valence-corrected chi connectivity index (χ0v) is 15.7. The summed E-state index contributed by atoms with van der Waals surface area (Å²) < 4.78 is 0.609. The lowest BCUT2D eigenvalue weighted by atomic mass is 10.1. The Balaban J connectivity index is 1.99. The number of hydrogen-bond acceptors (Lipinski definition) is 7. The highest BCUT2D eigenvalue weighted by atomic mass is 32.2. The van der Waals surface area contributed by atoms with Crippen molar-refractivity contribution in [1.29, 1.82) is 0 Å². The van der Waals surface area contributed by atoms with Crippen molar-refractivity contribution >= 4 is 51.5 Å². The van der Waals surface area contributed by atoms with Gasteiger partial charge in [-0.1, -0.05) is 30.0 Å². The quantitative estimate of drug-likeness (QED) is 0.436. The predicted molar refractivity (Wildman–Crippen MR) is 99.2 cm³/mol. The first kappa shape index (κ1) is 19.1. The van der Waals surface area contributed by atoms with Crippen molar-refractivity contribution in [2.45, 2.75) is 36.8 Å². The number of aromatic nitrogens is 2. The number of Topliss-reactive ketones (excluding diaryl/α,β-unsaturated/α-hetero) is 1. The summed E-state index contributed by atoms with van der Waals surface area (Å²) in [6, 6.07) is 6.75. The van der Waals surface area contributed by atoms with Gasteiger partial charge in [0.25, 0.3) is 0 Å². The third-order valence-electron chi connectivity index (χ3n) is 3.15. The second kappa shape index (κ2) is 8.72. The van der Waals surface area contributed by atoms with Crippen LogP contribution >= 0.6 is 23.1 Å². The maximum atomic E-state index is 12.4. The Hall–Kier alpha value is -2.26. The topological polar surface area (TPSA) is 101 Å². The molecule has 0 saturated carbocycles. The Morgan fingerprint density at radius 2 is 1.80 bits per heavy atom. The molecule has 1 unspecified atom stereocenters. The van der Waals surface area contributed by atoms with Gasteiger partial charge in [0.2, 0.25) is 16.9 Å². The molecular weight excluding hydrogens is 360 g/mol. The monoisotopic (exact) mass is 378 g/mol. The van der Waals surface area contributed by atoms with Crippen LogP contribution in [0.15, 0.2) is 28.6 Å². The fraction of sp³-hybridized carbons (Fsp3) is 0.312. The molecule has 1 aromatic carbocycles. The molecule has 132 valence electrons. The lowest BCUT2D eigenvalue weighted by molar-refractivity contribution is -0.116. The number of anilines is 2. The van der Waals surface area contributed by atoms with Crippen molar-refractivity contribution < 1.29 is 14.4 Å². The molecule has 0 bridgehead atoms. The molecule has 0 aliphatic heterocycles. The average Bonchev–Trinajstić information content (AvgIpc) is 2.99.